The van der Waals surface area contributed by atoms with Gasteiger partial charge in [0, 0.05) is 11.8 Å². The number of pyridine rings is 1. The lowest BCUT2D eigenvalue weighted by atomic mass is 9.99. The van der Waals surface area contributed by atoms with Crippen LogP contribution in [0.5, 0.6) is 0 Å². The molecule has 0 aliphatic heterocycles. The highest BCUT2D eigenvalue weighted by molar-refractivity contribution is 6.12. The second-order valence-electron chi connectivity index (χ2n) is 7.03. The molecule has 0 amide bonds. The summed E-state index contributed by atoms with van der Waals surface area (Å²) in [7, 11) is 0. The standard InChI is InChI=1S/C24H20N4O2/c29-23(21-8-4-7-19(12-21)11-18-5-2-1-3-6-18)14-24(30)22-13-20(9-10-26-22)15-28-17-25-16-27-28/h1-10,12-13,16-17H,11,14-15H2. The fraction of sp³-hybridized carbons (Fsp3) is 0.125. The lowest BCUT2D eigenvalue weighted by molar-refractivity contribution is 0.0891. The Morgan fingerprint density at radius 2 is 1.67 bits per heavy atom. The molecule has 30 heavy (non-hydrogen) atoms. The van der Waals surface area contributed by atoms with E-state index in [4.69, 9.17) is 0 Å². The predicted molar refractivity (Wildman–Crippen MR) is 112 cm³/mol. The van der Waals surface area contributed by atoms with E-state index in [0.29, 0.717) is 12.1 Å². The number of benzene rings is 2. The van der Waals surface area contributed by atoms with Gasteiger partial charge in [-0.15, -0.1) is 0 Å². The van der Waals surface area contributed by atoms with Crippen molar-refractivity contribution in [3.63, 3.8) is 0 Å². The van der Waals surface area contributed by atoms with Crippen molar-refractivity contribution in [2.45, 2.75) is 19.4 Å². The molecule has 0 saturated heterocycles. The third kappa shape index (κ3) is 4.91. The molecule has 0 saturated carbocycles. The SMILES string of the molecule is O=C(CC(=O)c1cc(Cn2cncn2)ccn1)c1cccc(Cc2ccccc2)c1. The van der Waals surface area contributed by atoms with Crippen molar-refractivity contribution < 1.29 is 9.59 Å². The smallest absolute Gasteiger partial charge is 0.188 e. The maximum atomic E-state index is 12.7. The Balaban J connectivity index is 1.43. The zero-order valence-electron chi connectivity index (χ0n) is 16.3. The molecule has 2 aromatic carbocycles. The van der Waals surface area contributed by atoms with Crippen LogP contribution in [0, 0.1) is 0 Å². The molecular weight excluding hydrogens is 376 g/mol. The Bertz CT molecular complexity index is 1150. The number of hydrogen-bond acceptors (Lipinski definition) is 5. The molecule has 4 rings (SSSR count). The minimum atomic E-state index is -0.297. The Labute approximate surface area is 174 Å². The van der Waals surface area contributed by atoms with E-state index in [-0.39, 0.29) is 23.7 Å². The maximum absolute atomic E-state index is 12.7. The van der Waals surface area contributed by atoms with E-state index in [1.165, 1.54) is 11.9 Å². The number of ketones is 2. The van der Waals surface area contributed by atoms with Crippen LogP contribution in [0.1, 0.15) is 44.0 Å². The molecule has 2 heterocycles. The van der Waals surface area contributed by atoms with Crippen molar-refractivity contribution >= 4 is 11.6 Å². The Kier molecular flexibility index (Phi) is 5.85. The monoisotopic (exact) mass is 396 g/mol. The Morgan fingerprint density at radius 1 is 0.833 bits per heavy atom. The number of rotatable bonds is 8. The molecule has 0 N–H and O–H groups in total. The van der Waals surface area contributed by atoms with Crippen LogP contribution in [0.3, 0.4) is 0 Å². The van der Waals surface area contributed by atoms with E-state index < -0.39 is 0 Å². The van der Waals surface area contributed by atoms with Gasteiger partial charge in [0.15, 0.2) is 11.6 Å². The molecule has 0 fully saturated rings. The van der Waals surface area contributed by atoms with Crippen LogP contribution in [-0.2, 0) is 13.0 Å². The van der Waals surface area contributed by atoms with Crippen molar-refractivity contribution in [1.82, 2.24) is 19.7 Å². The Hall–Kier alpha value is -3.93. The molecule has 0 bridgehead atoms. The zero-order valence-corrected chi connectivity index (χ0v) is 16.3. The number of hydrogen-bond donors (Lipinski definition) is 0. The number of aromatic nitrogens is 4. The second kappa shape index (κ2) is 9.05. The summed E-state index contributed by atoms with van der Waals surface area (Å²) in [4.78, 5) is 33.4. The van der Waals surface area contributed by atoms with Crippen LogP contribution in [0.4, 0.5) is 0 Å². The quantitative estimate of drug-likeness (QED) is 0.335. The van der Waals surface area contributed by atoms with Gasteiger partial charge in [-0.25, -0.2) is 9.67 Å². The average Bonchev–Trinajstić information content (AvgIpc) is 3.28. The summed E-state index contributed by atoms with van der Waals surface area (Å²) in [5, 5.41) is 4.06. The summed E-state index contributed by atoms with van der Waals surface area (Å²) < 4.78 is 1.66. The van der Waals surface area contributed by atoms with E-state index in [2.05, 4.69) is 27.2 Å². The minimum Gasteiger partial charge on any atom is -0.294 e. The van der Waals surface area contributed by atoms with Gasteiger partial charge in [-0.2, -0.15) is 5.10 Å². The third-order valence-electron chi connectivity index (χ3n) is 4.74. The normalized spacial score (nSPS) is 10.7. The van der Waals surface area contributed by atoms with E-state index >= 15 is 0 Å². The summed E-state index contributed by atoms with van der Waals surface area (Å²) in [5.41, 5.74) is 3.90. The van der Waals surface area contributed by atoms with Crippen molar-refractivity contribution in [1.29, 1.82) is 0 Å². The van der Waals surface area contributed by atoms with Gasteiger partial charge in [-0.3, -0.25) is 14.6 Å². The summed E-state index contributed by atoms with van der Waals surface area (Å²) >= 11 is 0. The highest BCUT2D eigenvalue weighted by Gasteiger charge is 2.16. The summed E-state index contributed by atoms with van der Waals surface area (Å²) in [6, 6.07) is 21.0. The molecule has 4 aromatic rings. The zero-order chi connectivity index (χ0) is 20.8. The van der Waals surface area contributed by atoms with Crippen LogP contribution >= 0.6 is 0 Å². The first kappa shape index (κ1) is 19.4. The first-order valence-corrected chi connectivity index (χ1v) is 9.64. The molecule has 0 radical (unpaired) electrons. The first-order valence-electron chi connectivity index (χ1n) is 9.64. The van der Waals surface area contributed by atoms with Crippen LogP contribution in [0.25, 0.3) is 0 Å². The molecule has 0 spiro atoms. The van der Waals surface area contributed by atoms with Gasteiger partial charge >= 0.3 is 0 Å². The fourth-order valence-corrected chi connectivity index (χ4v) is 3.25. The van der Waals surface area contributed by atoms with Crippen LogP contribution < -0.4 is 0 Å². The second-order valence-corrected chi connectivity index (χ2v) is 7.03. The van der Waals surface area contributed by atoms with Crippen LogP contribution in [-0.4, -0.2) is 31.3 Å². The van der Waals surface area contributed by atoms with Gasteiger partial charge in [-0.1, -0.05) is 48.5 Å². The van der Waals surface area contributed by atoms with Gasteiger partial charge in [-0.05, 0) is 41.3 Å². The molecule has 6 nitrogen and oxygen atoms in total. The highest BCUT2D eigenvalue weighted by Crippen LogP contribution is 2.14. The summed E-state index contributed by atoms with van der Waals surface area (Å²) in [6.07, 6.45) is 5.16. The molecule has 0 atom stereocenters. The number of carbonyl (C=O) groups excluding carboxylic acids is 2. The molecule has 148 valence electrons. The number of Topliss-reactive ketones (excluding diaryl/α,β-unsaturated/α-hetero) is 2. The third-order valence-corrected chi connectivity index (χ3v) is 4.74. The van der Waals surface area contributed by atoms with Crippen LogP contribution in [0.15, 0.2) is 85.6 Å². The molecule has 6 heteroatoms. The van der Waals surface area contributed by atoms with Crippen molar-refractivity contribution in [3.8, 4) is 0 Å². The predicted octanol–water partition coefficient (Wildman–Crippen LogP) is 3.77. The van der Waals surface area contributed by atoms with Gasteiger partial charge in [0.25, 0.3) is 0 Å². The van der Waals surface area contributed by atoms with Crippen LogP contribution in [0.2, 0.25) is 0 Å². The van der Waals surface area contributed by atoms with E-state index in [0.717, 1.165) is 17.5 Å². The fourth-order valence-electron chi connectivity index (χ4n) is 3.25. The molecule has 0 unspecified atom stereocenters. The molecular formula is C24H20N4O2. The Morgan fingerprint density at radius 3 is 2.47 bits per heavy atom. The molecule has 2 aromatic heterocycles. The topological polar surface area (TPSA) is 77.7 Å². The molecule has 0 aliphatic carbocycles. The molecule has 0 aliphatic rings. The first-order chi connectivity index (χ1) is 14.7. The highest BCUT2D eigenvalue weighted by atomic mass is 16.1. The van der Waals surface area contributed by atoms with Gasteiger partial charge < -0.3 is 0 Å². The number of carbonyl (C=O) groups is 2. The number of nitrogens with zero attached hydrogens (tertiary/aromatic N) is 4. The summed E-state index contributed by atoms with van der Waals surface area (Å²) in [5.74, 6) is -0.507. The van der Waals surface area contributed by atoms with Gasteiger partial charge in [0.05, 0.1) is 13.0 Å². The minimum absolute atomic E-state index is 0.210. The summed E-state index contributed by atoms with van der Waals surface area (Å²) in [6.45, 7) is 0.484. The lowest BCUT2D eigenvalue weighted by Crippen LogP contribution is -2.11. The van der Waals surface area contributed by atoms with Crippen molar-refractivity contribution in [3.05, 3.63) is 114 Å². The van der Waals surface area contributed by atoms with Gasteiger partial charge in [0.1, 0.15) is 18.3 Å². The van der Waals surface area contributed by atoms with E-state index in [1.807, 2.05) is 42.5 Å². The largest absolute Gasteiger partial charge is 0.294 e. The average molecular weight is 396 g/mol. The van der Waals surface area contributed by atoms with E-state index in [9.17, 15) is 9.59 Å². The van der Waals surface area contributed by atoms with E-state index in [1.54, 1.807) is 29.3 Å². The maximum Gasteiger partial charge on any atom is 0.188 e. The van der Waals surface area contributed by atoms with Gasteiger partial charge in [0.2, 0.25) is 0 Å². The van der Waals surface area contributed by atoms with Crippen molar-refractivity contribution in [2.24, 2.45) is 0 Å². The van der Waals surface area contributed by atoms with Crippen molar-refractivity contribution in [2.75, 3.05) is 0 Å². The lowest BCUT2D eigenvalue weighted by Gasteiger charge is -2.06.